The van der Waals surface area contributed by atoms with E-state index in [0.717, 1.165) is 10.5 Å². The number of imide groups is 1. The largest absolute Gasteiger partial charge is 0.321 e. The summed E-state index contributed by atoms with van der Waals surface area (Å²) in [6, 6.07) is 3.06. The van der Waals surface area contributed by atoms with Gasteiger partial charge in [0.25, 0.3) is 11.8 Å². The standard InChI is InChI=1S/C13H13N3O3/c1-15-10(17)5-4-9(12(15)18)16-7-8-3-2-6-14-11(8)13(16)19/h2-3,6,9H,4-5,7H2,1H3. The number of likely N-dealkylation sites (tertiary alicyclic amines) is 1. The highest BCUT2D eigenvalue weighted by Gasteiger charge is 2.41. The van der Waals surface area contributed by atoms with E-state index in [1.807, 2.05) is 6.07 Å². The number of nitrogens with zero attached hydrogens (tertiary/aromatic N) is 3. The van der Waals surface area contributed by atoms with Crippen LogP contribution in [0.3, 0.4) is 0 Å². The molecule has 0 radical (unpaired) electrons. The number of hydrogen-bond acceptors (Lipinski definition) is 4. The average Bonchev–Trinajstić information content (AvgIpc) is 2.74. The molecule has 3 amide bonds. The van der Waals surface area contributed by atoms with Crippen LogP contribution in [0.25, 0.3) is 0 Å². The summed E-state index contributed by atoms with van der Waals surface area (Å²) in [6.07, 6.45) is 2.25. The Bertz CT molecular complexity index is 584. The summed E-state index contributed by atoms with van der Waals surface area (Å²) in [6.45, 7) is 0.389. The summed E-state index contributed by atoms with van der Waals surface area (Å²) in [5, 5.41) is 0. The van der Waals surface area contributed by atoms with Crippen molar-refractivity contribution in [3.8, 4) is 0 Å². The topological polar surface area (TPSA) is 70.6 Å². The van der Waals surface area contributed by atoms with Gasteiger partial charge in [-0.1, -0.05) is 6.07 Å². The first kappa shape index (κ1) is 11.8. The first-order valence-corrected chi connectivity index (χ1v) is 6.15. The van der Waals surface area contributed by atoms with Gasteiger partial charge in [-0.3, -0.25) is 24.3 Å². The van der Waals surface area contributed by atoms with Gasteiger partial charge in [-0.05, 0) is 12.5 Å². The summed E-state index contributed by atoms with van der Waals surface area (Å²) in [5.74, 6) is -0.724. The number of likely N-dealkylation sites (N-methyl/N-ethyl adjacent to an activating group) is 1. The van der Waals surface area contributed by atoms with Crippen molar-refractivity contribution in [1.82, 2.24) is 14.8 Å². The van der Waals surface area contributed by atoms with E-state index in [0.29, 0.717) is 25.1 Å². The van der Waals surface area contributed by atoms with Crippen molar-refractivity contribution < 1.29 is 14.4 Å². The lowest BCUT2D eigenvalue weighted by Crippen LogP contribution is -2.53. The molecular weight excluding hydrogens is 246 g/mol. The Morgan fingerprint density at radius 2 is 2.11 bits per heavy atom. The van der Waals surface area contributed by atoms with Crippen molar-refractivity contribution >= 4 is 17.7 Å². The van der Waals surface area contributed by atoms with Gasteiger partial charge in [0, 0.05) is 31.8 Å². The maximum absolute atomic E-state index is 12.2. The Labute approximate surface area is 110 Å². The molecule has 1 fully saturated rings. The predicted octanol–water partition coefficient (Wildman–Crippen LogP) is 0.185. The Kier molecular flexibility index (Phi) is 2.58. The van der Waals surface area contributed by atoms with Gasteiger partial charge in [0.1, 0.15) is 11.7 Å². The SMILES string of the molecule is CN1C(=O)CCC(N2Cc3cccnc3C2=O)C1=O. The highest BCUT2D eigenvalue weighted by atomic mass is 16.2. The molecule has 1 aromatic rings. The minimum Gasteiger partial charge on any atom is -0.321 e. The molecule has 0 saturated carbocycles. The van der Waals surface area contributed by atoms with Crippen LogP contribution in [0.1, 0.15) is 28.9 Å². The monoisotopic (exact) mass is 259 g/mol. The number of piperidine rings is 1. The highest BCUT2D eigenvalue weighted by molar-refractivity contribution is 6.04. The van der Waals surface area contributed by atoms with Crippen molar-refractivity contribution in [3.63, 3.8) is 0 Å². The van der Waals surface area contributed by atoms with Gasteiger partial charge in [-0.25, -0.2) is 0 Å². The average molecular weight is 259 g/mol. The maximum Gasteiger partial charge on any atom is 0.273 e. The van der Waals surface area contributed by atoms with E-state index in [2.05, 4.69) is 4.98 Å². The molecule has 6 nitrogen and oxygen atoms in total. The van der Waals surface area contributed by atoms with Gasteiger partial charge in [0.05, 0.1) is 0 Å². The number of carbonyl (C=O) groups excluding carboxylic acids is 3. The lowest BCUT2D eigenvalue weighted by molar-refractivity contribution is -0.150. The van der Waals surface area contributed by atoms with Crippen LogP contribution in [0.4, 0.5) is 0 Å². The molecule has 6 heteroatoms. The predicted molar refractivity (Wildman–Crippen MR) is 64.9 cm³/mol. The molecule has 0 aromatic carbocycles. The van der Waals surface area contributed by atoms with E-state index >= 15 is 0 Å². The molecule has 1 unspecified atom stereocenters. The zero-order chi connectivity index (χ0) is 13.6. The van der Waals surface area contributed by atoms with Crippen LogP contribution in [-0.2, 0) is 16.1 Å². The number of carbonyl (C=O) groups is 3. The van der Waals surface area contributed by atoms with E-state index in [1.54, 1.807) is 12.3 Å². The summed E-state index contributed by atoms with van der Waals surface area (Å²) in [7, 11) is 1.46. The second-order valence-corrected chi connectivity index (χ2v) is 4.79. The second-order valence-electron chi connectivity index (χ2n) is 4.79. The number of pyridine rings is 1. The number of amides is 3. The Balaban J connectivity index is 1.88. The number of aromatic nitrogens is 1. The quantitative estimate of drug-likeness (QED) is 0.675. The molecule has 0 spiro atoms. The number of fused-ring (bicyclic) bond motifs is 1. The molecule has 1 saturated heterocycles. The molecule has 1 atom stereocenters. The van der Waals surface area contributed by atoms with Crippen LogP contribution >= 0.6 is 0 Å². The van der Waals surface area contributed by atoms with Gasteiger partial charge in [-0.15, -0.1) is 0 Å². The lowest BCUT2D eigenvalue weighted by atomic mass is 10.0. The van der Waals surface area contributed by atoms with Gasteiger partial charge in [-0.2, -0.15) is 0 Å². The van der Waals surface area contributed by atoms with Gasteiger partial charge < -0.3 is 4.90 Å². The Hall–Kier alpha value is -2.24. The fourth-order valence-corrected chi connectivity index (χ4v) is 2.59. The van der Waals surface area contributed by atoms with Crippen molar-refractivity contribution in [2.24, 2.45) is 0 Å². The van der Waals surface area contributed by atoms with Gasteiger partial charge in [0.2, 0.25) is 5.91 Å². The van der Waals surface area contributed by atoms with E-state index in [9.17, 15) is 14.4 Å². The van der Waals surface area contributed by atoms with E-state index in [1.165, 1.54) is 11.9 Å². The van der Waals surface area contributed by atoms with Crippen molar-refractivity contribution in [2.45, 2.75) is 25.4 Å². The second kappa shape index (κ2) is 4.15. The Morgan fingerprint density at radius 3 is 2.84 bits per heavy atom. The Morgan fingerprint density at radius 1 is 1.32 bits per heavy atom. The fourth-order valence-electron chi connectivity index (χ4n) is 2.59. The van der Waals surface area contributed by atoms with Gasteiger partial charge in [0.15, 0.2) is 0 Å². The molecule has 19 heavy (non-hydrogen) atoms. The van der Waals surface area contributed by atoms with Crippen molar-refractivity contribution in [3.05, 3.63) is 29.6 Å². The normalized spacial score (nSPS) is 23.0. The zero-order valence-electron chi connectivity index (χ0n) is 10.5. The van der Waals surface area contributed by atoms with E-state index in [4.69, 9.17) is 0 Å². The van der Waals surface area contributed by atoms with Crippen molar-refractivity contribution in [1.29, 1.82) is 0 Å². The summed E-state index contributed by atoms with van der Waals surface area (Å²) in [5.41, 5.74) is 1.25. The zero-order valence-corrected chi connectivity index (χ0v) is 10.5. The third kappa shape index (κ3) is 1.71. The molecule has 2 aliphatic heterocycles. The molecule has 98 valence electrons. The summed E-state index contributed by atoms with van der Waals surface area (Å²) >= 11 is 0. The van der Waals surface area contributed by atoms with E-state index in [-0.39, 0.29) is 17.7 Å². The molecular formula is C13H13N3O3. The maximum atomic E-state index is 12.2. The smallest absolute Gasteiger partial charge is 0.273 e. The first-order chi connectivity index (χ1) is 9.09. The molecule has 3 rings (SSSR count). The number of hydrogen-bond donors (Lipinski definition) is 0. The molecule has 2 aliphatic rings. The molecule has 1 aromatic heterocycles. The minimum absolute atomic E-state index is 0.191. The van der Waals surface area contributed by atoms with E-state index < -0.39 is 6.04 Å². The van der Waals surface area contributed by atoms with Crippen LogP contribution in [0, 0.1) is 0 Å². The van der Waals surface area contributed by atoms with Crippen LogP contribution < -0.4 is 0 Å². The van der Waals surface area contributed by atoms with Crippen LogP contribution in [0.5, 0.6) is 0 Å². The third-order valence-electron chi connectivity index (χ3n) is 3.69. The first-order valence-electron chi connectivity index (χ1n) is 6.15. The summed E-state index contributed by atoms with van der Waals surface area (Å²) in [4.78, 5) is 42.5. The van der Waals surface area contributed by atoms with Crippen molar-refractivity contribution in [2.75, 3.05) is 7.05 Å². The van der Waals surface area contributed by atoms with Gasteiger partial charge >= 0.3 is 0 Å². The summed E-state index contributed by atoms with van der Waals surface area (Å²) < 4.78 is 0. The van der Waals surface area contributed by atoms with Crippen LogP contribution in [0.15, 0.2) is 18.3 Å². The lowest BCUT2D eigenvalue weighted by Gasteiger charge is -2.33. The highest BCUT2D eigenvalue weighted by Crippen LogP contribution is 2.27. The molecule has 0 bridgehead atoms. The molecule has 0 N–H and O–H groups in total. The molecule has 0 aliphatic carbocycles. The number of rotatable bonds is 1. The molecule has 3 heterocycles. The minimum atomic E-state index is -0.551. The van der Waals surface area contributed by atoms with Crippen LogP contribution in [0.2, 0.25) is 0 Å². The fraction of sp³-hybridized carbons (Fsp3) is 0.385. The third-order valence-corrected chi connectivity index (χ3v) is 3.69. The van der Waals surface area contributed by atoms with Crippen LogP contribution in [-0.4, -0.2) is 45.6 Å².